The first-order valence-corrected chi connectivity index (χ1v) is 6.63. The van der Waals surface area contributed by atoms with Crippen LogP contribution in [-0.2, 0) is 17.8 Å². The van der Waals surface area contributed by atoms with E-state index in [9.17, 15) is 9.59 Å². The summed E-state index contributed by atoms with van der Waals surface area (Å²) in [5.41, 5.74) is 1.21. The lowest BCUT2D eigenvalue weighted by molar-refractivity contribution is -0.114. The number of rotatable bonds is 7. The van der Waals surface area contributed by atoms with Crippen LogP contribution in [0.2, 0.25) is 0 Å². The van der Waals surface area contributed by atoms with Gasteiger partial charge in [-0.3, -0.25) is 14.3 Å². The molecular weight excluding hydrogens is 272 g/mol. The van der Waals surface area contributed by atoms with Gasteiger partial charge in [0.2, 0.25) is 5.91 Å². The molecule has 0 aliphatic carbocycles. The third kappa shape index (κ3) is 4.75. The Labute approximate surface area is 121 Å². The molecule has 0 atom stereocenters. The van der Waals surface area contributed by atoms with Gasteiger partial charge in [-0.2, -0.15) is 5.10 Å². The number of carbonyl (C=O) groups is 2. The second-order valence-corrected chi connectivity index (χ2v) is 4.57. The summed E-state index contributed by atoms with van der Waals surface area (Å²) in [6.07, 6.45) is 4.91. The van der Waals surface area contributed by atoms with Crippen LogP contribution >= 0.6 is 0 Å². The van der Waals surface area contributed by atoms with E-state index >= 15 is 0 Å². The Morgan fingerprint density at radius 1 is 1.29 bits per heavy atom. The number of amides is 1. The van der Waals surface area contributed by atoms with Crippen molar-refractivity contribution in [3.63, 3.8) is 0 Å². The summed E-state index contributed by atoms with van der Waals surface area (Å²) in [4.78, 5) is 21.3. The quantitative estimate of drug-likeness (QED) is 0.599. The van der Waals surface area contributed by atoms with Crippen LogP contribution < -0.4 is 5.32 Å². The van der Waals surface area contributed by atoms with Crippen LogP contribution in [0.4, 0.5) is 5.82 Å². The maximum absolute atomic E-state index is 10.9. The van der Waals surface area contributed by atoms with Gasteiger partial charge in [0.25, 0.3) is 0 Å². The highest BCUT2D eigenvalue weighted by molar-refractivity contribution is 5.87. The third-order valence-electron chi connectivity index (χ3n) is 2.77. The van der Waals surface area contributed by atoms with Gasteiger partial charge in [-0.1, -0.05) is 5.21 Å². The summed E-state index contributed by atoms with van der Waals surface area (Å²) >= 11 is 0. The lowest BCUT2D eigenvalue weighted by Crippen LogP contribution is -2.08. The van der Waals surface area contributed by atoms with Crippen molar-refractivity contribution in [2.24, 2.45) is 0 Å². The van der Waals surface area contributed by atoms with Crippen LogP contribution in [0, 0.1) is 0 Å². The van der Waals surface area contributed by atoms with Crippen LogP contribution in [0.15, 0.2) is 18.3 Å². The van der Waals surface area contributed by atoms with Crippen molar-refractivity contribution in [3.05, 3.63) is 29.7 Å². The minimum Gasteiger partial charge on any atom is -0.309 e. The Morgan fingerprint density at radius 2 is 2.14 bits per heavy atom. The number of hydrogen-bond acceptors (Lipinski definition) is 6. The van der Waals surface area contributed by atoms with Crippen LogP contribution in [0.5, 0.6) is 0 Å². The van der Waals surface area contributed by atoms with E-state index in [2.05, 4.69) is 25.8 Å². The molecule has 2 aromatic rings. The summed E-state index contributed by atoms with van der Waals surface area (Å²) in [6.45, 7) is 2.13. The Balaban J connectivity index is 1.73. The van der Waals surface area contributed by atoms with Crippen LogP contribution in [-0.4, -0.2) is 37.4 Å². The maximum atomic E-state index is 10.9. The summed E-state index contributed by atoms with van der Waals surface area (Å²) in [5.74, 6) is 0.287. The van der Waals surface area contributed by atoms with E-state index < -0.39 is 0 Å². The van der Waals surface area contributed by atoms with E-state index in [1.807, 2.05) is 6.07 Å². The van der Waals surface area contributed by atoms with Crippen molar-refractivity contribution >= 4 is 18.0 Å². The summed E-state index contributed by atoms with van der Waals surface area (Å²) < 4.78 is 1.65. The number of carbonyl (C=O) groups excluding carboxylic acids is 2. The largest absolute Gasteiger partial charge is 0.309 e. The highest BCUT2D eigenvalue weighted by Crippen LogP contribution is 2.06. The fourth-order valence-corrected chi connectivity index (χ4v) is 1.80. The van der Waals surface area contributed by atoms with Crippen molar-refractivity contribution in [2.75, 3.05) is 5.32 Å². The van der Waals surface area contributed by atoms with E-state index in [0.29, 0.717) is 24.3 Å². The zero-order valence-corrected chi connectivity index (χ0v) is 11.7. The molecule has 0 aromatic carbocycles. The Morgan fingerprint density at radius 3 is 2.76 bits per heavy atom. The predicted molar refractivity (Wildman–Crippen MR) is 74.7 cm³/mol. The van der Waals surface area contributed by atoms with E-state index in [1.54, 1.807) is 16.9 Å². The molecular formula is C13H16N6O2. The van der Waals surface area contributed by atoms with Gasteiger partial charge in [0.1, 0.15) is 5.69 Å². The summed E-state index contributed by atoms with van der Waals surface area (Å²) in [5, 5.41) is 18.1. The average molecular weight is 288 g/mol. The fourth-order valence-electron chi connectivity index (χ4n) is 1.80. The molecule has 0 spiro atoms. The molecule has 0 saturated carbocycles. The van der Waals surface area contributed by atoms with Crippen molar-refractivity contribution in [2.45, 2.75) is 32.7 Å². The van der Waals surface area contributed by atoms with Crippen LogP contribution in [0.3, 0.4) is 0 Å². The van der Waals surface area contributed by atoms with Gasteiger partial charge in [-0.05, 0) is 31.4 Å². The number of hydrogen-bond donors (Lipinski definition) is 1. The van der Waals surface area contributed by atoms with Crippen molar-refractivity contribution < 1.29 is 9.59 Å². The van der Waals surface area contributed by atoms with Gasteiger partial charge in [0.15, 0.2) is 12.1 Å². The molecule has 1 amide bonds. The van der Waals surface area contributed by atoms with E-state index in [1.165, 1.54) is 6.92 Å². The van der Waals surface area contributed by atoms with Gasteiger partial charge >= 0.3 is 0 Å². The molecule has 8 heteroatoms. The third-order valence-corrected chi connectivity index (χ3v) is 2.77. The standard InChI is InChI=1S/C13H16N6O2/c1-10(21)14-13-6-5-11(15-17-13)4-2-3-7-19-8-12(9-20)16-18-19/h5-6,8-9H,2-4,7H2,1H3,(H,14,17,21). The molecule has 2 heterocycles. The number of aldehydes is 1. The van der Waals surface area contributed by atoms with Gasteiger partial charge in [0, 0.05) is 13.5 Å². The highest BCUT2D eigenvalue weighted by atomic mass is 16.1. The van der Waals surface area contributed by atoms with Gasteiger partial charge in [0.05, 0.1) is 11.9 Å². The normalized spacial score (nSPS) is 10.3. The molecule has 0 fully saturated rings. The minimum absolute atomic E-state index is 0.167. The Kier molecular flexibility index (Phi) is 5.08. The van der Waals surface area contributed by atoms with E-state index in [4.69, 9.17) is 0 Å². The highest BCUT2D eigenvalue weighted by Gasteiger charge is 2.01. The molecule has 1 N–H and O–H groups in total. The van der Waals surface area contributed by atoms with Crippen molar-refractivity contribution in [1.29, 1.82) is 0 Å². The SMILES string of the molecule is CC(=O)Nc1ccc(CCCCn2cc(C=O)nn2)nn1. The smallest absolute Gasteiger partial charge is 0.222 e. The summed E-state index contributed by atoms with van der Waals surface area (Å²) in [7, 11) is 0. The summed E-state index contributed by atoms with van der Waals surface area (Å²) in [6, 6.07) is 3.58. The molecule has 2 rings (SSSR count). The Bertz CT molecular complexity index is 607. The van der Waals surface area contributed by atoms with Crippen molar-refractivity contribution in [1.82, 2.24) is 25.2 Å². The predicted octanol–water partition coefficient (Wildman–Crippen LogP) is 0.862. The molecule has 2 aromatic heterocycles. The van der Waals surface area contributed by atoms with Crippen molar-refractivity contribution in [3.8, 4) is 0 Å². The second-order valence-electron chi connectivity index (χ2n) is 4.57. The maximum Gasteiger partial charge on any atom is 0.222 e. The van der Waals surface area contributed by atoms with E-state index in [-0.39, 0.29) is 5.91 Å². The van der Waals surface area contributed by atoms with Crippen LogP contribution in [0.1, 0.15) is 35.9 Å². The first kappa shape index (κ1) is 14.8. The molecule has 21 heavy (non-hydrogen) atoms. The topological polar surface area (TPSA) is 103 Å². The fraction of sp³-hybridized carbons (Fsp3) is 0.385. The first-order chi connectivity index (χ1) is 10.2. The number of aryl methyl sites for hydroxylation is 2. The zero-order valence-electron chi connectivity index (χ0n) is 11.7. The molecule has 0 bridgehead atoms. The van der Waals surface area contributed by atoms with Crippen LogP contribution in [0.25, 0.3) is 0 Å². The molecule has 0 saturated heterocycles. The number of aromatic nitrogens is 5. The number of nitrogens with zero attached hydrogens (tertiary/aromatic N) is 5. The molecule has 0 radical (unpaired) electrons. The molecule has 0 unspecified atom stereocenters. The second kappa shape index (κ2) is 7.22. The van der Waals surface area contributed by atoms with E-state index in [0.717, 1.165) is 25.0 Å². The van der Waals surface area contributed by atoms with Gasteiger partial charge in [-0.15, -0.1) is 10.2 Å². The number of anilines is 1. The van der Waals surface area contributed by atoms with Gasteiger partial charge in [-0.25, -0.2) is 0 Å². The molecule has 0 aliphatic heterocycles. The zero-order chi connectivity index (χ0) is 15.1. The number of nitrogens with one attached hydrogen (secondary N) is 1. The first-order valence-electron chi connectivity index (χ1n) is 6.63. The lowest BCUT2D eigenvalue weighted by atomic mass is 10.2. The molecule has 8 nitrogen and oxygen atoms in total. The molecule has 0 aliphatic rings. The lowest BCUT2D eigenvalue weighted by Gasteiger charge is -2.03. The Hall–Kier alpha value is -2.64. The monoisotopic (exact) mass is 288 g/mol. The van der Waals surface area contributed by atoms with Gasteiger partial charge < -0.3 is 5.32 Å². The molecule has 110 valence electrons. The minimum atomic E-state index is -0.167. The average Bonchev–Trinajstić information content (AvgIpc) is 2.93. The number of unbranched alkanes of at least 4 members (excludes halogenated alkanes) is 1.